The third-order valence-corrected chi connectivity index (χ3v) is 4.82. The van der Waals surface area contributed by atoms with Gasteiger partial charge in [-0.15, -0.1) is 11.8 Å². The smallest absolute Gasteiger partial charge is 0.234 e. The number of carbonyl (C=O) groups excluding carboxylic acids is 1. The molecule has 0 aliphatic heterocycles. The normalized spacial score (nSPS) is 10.4. The van der Waals surface area contributed by atoms with Crippen LogP contribution in [0.2, 0.25) is 0 Å². The van der Waals surface area contributed by atoms with Crippen molar-refractivity contribution in [1.29, 1.82) is 0 Å². The van der Waals surface area contributed by atoms with Gasteiger partial charge in [0.1, 0.15) is 0 Å². The Morgan fingerprint density at radius 3 is 2.57 bits per heavy atom. The zero-order valence-corrected chi connectivity index (χ0v) is 14.0. The minimum absolute atomic E-state index is 0.0343. The van der Waals surface area contributed by atoms with Crippen molar-refractivity contribution in [3.63, 3.8) is 0 Å². The molecule has 0 saturated heterocycles. The molecule has 0 saturated carbocycles. The first-order valence-corrected chi connectivity index (χ1v) is 8.25. The molecule has 0 atom stereocenters. The van der Waals surface area contributed by atoms with Gasteiger partial charge in [-0.1, -0.05) is 28.1 Å². The molecule has 0 spiro atoms. The molecule has 21 heavy (non-hydrogen) atoms. The number of rotatable bonds is 5. The average molecular weight is 366 g/mol. The van der Waals surface area contributed by atoms with Crippen molar-refractivity contribution in [3.8, 4) is 0 Å². The van der Waals surface area contributed by atoms with E-state index < -0.39 is 0 Å². The van der Waals surface area contributed by atoms with Crippen LogP contribution in [0.3, 0.4) is 0 Å². The van der Waals surface area contributed by atoms with Crippen LogP contribution >= 0.6 is 27.7 Å². The maximum Gasteiger partial charge on any atom is 0.234 e. The molecule has 0 aliphatic carbocycles. The number of hydrogen-bond donors (Lipinski definition) is 2. The number of amides is 1. The van der Waals surface area contributed by atoms with Crippen molar-refractivity contribution in [2.75, 3.05) is 11.1 Å². The second-order valence-electron chi connectivity index (χ2n) is 4.60. The van der Waals surface area contributed by atoms with Crippen molar-refractivity contribution in [1.82, 2.24) is 0 Å². The van der Waals surface area contributed by atoms with Crippen molar-refractivity contribution >= 4 is 39.3 Å². The Kier molecular flexibility index (Phi) is 5.85. The quantitative estimate of drug-likeness (QED) is 0.787. The SMILES string of the molecule is Cc1cc(NC(=O)CSc2ccc(CO)cc2)ccc1Br. The van der Waals surface area contributed by atoms with Crippen LogP contribution in [0.15, 0.2) is 51.8 Å². The van der Waals surface area contributed by atoms with Crippen LogP contribution in [0.5, 0.6) is 0 Å². The third kappa shape index (κ3) is 4.88. The summed E-state index contributed by atoms with van der Waals surface area (Å²) >= 11 is 4.91. The zero-order chi connectivity index (χ0) is 15.2. The van der Waals surface area contributed by atoms with E-state index in [0.717, 1.165) is 26.2 Å². The Morgan fingerprint density at radius 1 is 1.24 bits per heavy atom. The second-order valence-corrected chi connectivity index (χ2v) is 6.51. The molecule has 2 N–H and O–H groups in total. The van der Waals surface area contributed by atoms with E-state index in [2.05, 4.69) is 21.2 Å². The fraction of sp³-hybridized carbons (Fsp3) is 0.188. The summed E-state index contributed by atoms with van der Waals surface area (Å²) in [5.74, 6) is 0.320. The molecular weight excluding hydrogens is 350 g/mol. The minimum Gasteiger partial charge on any atom is -0.392 e. The lowest BCUT2D eigenvalue weighted by atomic mass is 10.2. The fourth-order valence-electron chi connectivity index (χ4n) is 1.76. The predicted octanol–water partition coefficient (Wildman–Crippen LogP) is 3.98. The van der Waals surface area contributed by atoms with Gasteiger partial charge in [0, 0.05) is 15.1 Å². The van der Waals surface area contributed by atoms with Crippen molar-refractivity contribution in [2.24, 2.45) is 0 Å². The van der Waals surface area contributed by atoms with Crippen molar-refractivity contribution < 1.29 is 9.90 Å². The summed E-state index contributed by atoms with van der Waals surface area (Å²) in [4.78, 5) is 12.9. The average Bonchev–Trinajstić information content (AvgIpc) is 2.49. The summed E-state index contributed by atoms with van der Waals surface area (Å²) in [5, 5.41) is 11.9. The number of anilines is 1. The first-order chi connectivity index (χ1) is 10.1. The highest BCUT2D eigenvalue weighted by atomic mass is 79.9. The number of thioether (sulfide) groups is 1. The van der Waals surface area contributed by atoms with Crippen molar-refractivity contribution in [3.05, 3.63) is 58.1 Å². The number of benzene rings is 2. The van der Waals surface area contributed by atoms with Crippen LogP contribution in [0.4, 0.5) is 5.69 Å². The highest BCUT2D eigenvalue weighted by molar-refractivity contribution is 9.10. The van der Waals surface area contributed by atoms with Crippen LogP contribution in [-0.4, -0.2) is 16.8 Å². The Balaban J connectivity index is 1.87. The first-order valence-electron chi connectivity index (χ1n) is 6.47. The molecule has 0 radical (unpaired) electrons. The Morgan fingerprint density at radius 2 is 1.95 bits per heavy atom. The van der Waals surface area contributed by atoms with E-state index in [1.54, 1.807) is 0 Å². The van der Waals surface area contributed by atoms with E-state index in [1.165, 1.54) is 11.8 Å². The standard InChI is InChI=1S/C16H16BrNO2S/c1-11-8-13(4-7-15(11)17)18-16(20)10-21-14-5-2-12(9-19)3-6-14/h2-8,19H,9-10H2,1H3,(H,18,20). The molecule has 0 fully saturated rings. The zero-order valence-electron chi connectivity index (χ0n) is 11.6. The van der Waals surface area contributed by atoms with Crippen LogP contribution in [0.1, 0.15) is 11.1 Å². The molecular formula is C16H16BrNO2S. The Hall–Kier alpha value is -1.30. The molecule has 1 amide bonds. The van der Waals surface area contributed by atoms with Gasteiger partial charge in [-0.05, 0) is 48.4 Å². The van der Waals surface area contributed by atoms with E-state index in [0.29, 0.717) is 5.75 Å². The van der Waals surface area contributed by atoms with Gasteiger partial charge >= 0.3 is 0 Å². The van der Waals surface area contributed by atoms with Crippen LogP contribution in [0.25, 0.3) is 0 Å². The third-order valence-electron chi connectivity index (χ3n) is 2.92. The molecule has 2 rings (SSSR count). The molecule has 2 aromatic rings. The second kappa shape index (κ2) is 7.64. The monoisotopic (exact) mass is 365 g/mol. The highest BCUT2D eigenvalue weighted by Gasteiger charge is 2.05. The van der Waals surface area contributed by atoms with Gasteiger partial charge in [0.2, 0.25) is 5.91 Å². The first kappa shape index (κ1) is 16.1. The van der Waals surface area contributed by atoms with Crippen molar-refractivity contribution in [2.45, 2.75) is 18.4 Å². The molecule has 3 nitrogen and oxygen atoms in total. The van der Waals surface area contributed by atoms with Gasteiger partial charge in [0.15, 0.2) is 0 Å². The van der Waals surface area contributed by atoms with E-state index in [-0.39, 0.29) is 12.5 Å². The predicted molar refractivity (Wildman–Crippen MR) is 90.6 cm³/mol. The van der Waals surface area contributed by atoms with Gasteiger partial charge in [-0.25, -0.2) is 0 Å². The topological polar surface area (TPSA) is 49.3 Å². The summed E-state index contributed by atoms with van der Waals surface area (Å²) in [6.07, 6.45) is 0. The molecule has 0 bridgehead atoms. The number of halogens is 1. The van der Waals surface area contributed by atoms with E-state index in [9.17, 15) is 4.79 Å². The number of hydrogen-bond acceptors (Lipinski definition) is 3. The van der Waals surface area contributed by atoms with E-state index >= 15 is 0 Å². The number of aryl methyl sites for hydroxylation is 1. The number of aliphatic hydroxyl groups is 1. The van der Waals surface area contributed by atoms with Crippen LogP contribution in [0, 0.1) is 6.92 Å². The molecule has 2 aromatic carbocycles. The molecule has 0 heterocycles. The summed E-state index contributed by atoms with van der Waals surface area (Å²) in [7, 11) is 0. The van der Waals surface area contributed by atoms with Crippen LogP contribution < -0.4 is 5.32 Å². The van der Waals surface area contributed by atoms with Gasteiger partial charge < -0.3 is 10.4 Å². The Bertz CT molecular complexity index is 629. The molecule has 0 aliphatic rings. The van der Waals surface area contributed by atoms with E-state index in [4.69, 9.17) is 5.11 Å². The molecule has 5 heteroatoms. The molecule has 0 unspecified atom stereocenters. The maximum absolute atomic E-state index is 11.9. The lowest BCUT2D eigenvalue weighted by Crippen LogP contribution is -2.14. The molecule has 110 valence electrons. The maximum atomic E-state index is 11.9. The lowest BCUT2D eigenvalue weighted by molar-refractivity contribution is -0.113. The van der Waals surface area contributed by atoms with Crippen LogP contribution in [-0.2, 0) is 11.4 Å². The van der Waals surface area contributed by atoms with Gasteiger partial charge in [0.05, 0.1) is 12.4 Å². The number of aliphatic hydroxyl groups excluding tert-OH is 1. The summed E-state index contributed by atoms with van der Waals surface area (Å²) in [5.41, 5.74) is 2.76. The summed E-state index contributed by atoms with van der Waals surface area (Å²) in [6, 6.07) is 13.3. The van der Waals surface area contributed by atoms with Gasteiger partial charge in [0.25, 0.3) is 0 Å². The van der Waals surface area contributed by atoms with E-state index in [1.807, 2.05) is 49.4 Å². The Labute approximate surface area is 136 Å². The summed E-state index contributed by atoms with van der Waals surface area (Å²) in [6.45, 7) is 2.02. The fourth-order valence-corrected chi connectivity index (χ4v) is 2.70. The minimum atomic E-state index is -0.0343. The molecule has 0 aromatic heterocycles. The lowest BCUT2D eigenvalue weighted by Gasteiger charge is -2.07. The number of nitrogens with one attached hydrogen (secondary N) is 1. The number of carbonyl (C=O) groups is 1. The van der Waals surface area contributed by atoms with Gasteiger partial charge in [-0.2, -0.15) is 0 Å². The van der Waals surface area contributed by atoms with Gasteiger partial charge in [-0.3, -0.25) is 4.79 Å². The summed E-state index contributed by atoms with van der Waals surface area (Å²) < 4.78 is 1.03. The highest BCUT2D eigenvalue weighted by Crippen LogP contribution is 2.21. The largest absolute Gasteiger partial charge is 0.392 e.